The number of guanidine groups is 1. The molecule has 13 heteroatoms. The van der Waals surface area contributed by atoms with Crippen LogP contribution >= 0.6 is 11.3 Å². The van der Waals surface area contributed by atoms with Gasteiger partial charge in [0, 0.05) is 36.4 Å². The Bertz CT molecular complexity index is 1360. The molecule has 0 spiro atoms. The lowest BCUT2D eigenvalue weighted by Gasteiger charge is -2.12. The molecule has 0 saturated carbocycles. The molecule has 1 atom stereocenters. The maximum absolute atomic E-state index is 11.8. The van der Waals surface area contributed by atoms with E-state index in [1.165, 1.54) is 11.3 Å². The largest absolute Gasteiger partial charge is 0.480 e. The molecule has 0 aliphatic heterocycles. The number of nitrogens with zero attached hydrogens (tertiary/aromatic N) is 3. The fourth-order valence-electron chi connectivity index (χ4n) is 3.81. The second kappa shape index (κ2) is 17.4. The number of aryl methyl sites for hydroxylation is 1. The number of hydrogen-bond acceptors (Lipinski definition) is 7. The number of hydrogen-bond donors (Lipinski definition) is 6. The molecule has 0 aliphatic rings. The number of aliphatic carboxylic acids is 2. The minimum absolute atomic E-state index is 0.0129. The number of carboxylic acids is 3. The van der Waals surface area contributed by atoms with Gasteiger partial charge < -0.3 is 37.1 Å². The van der Waals surface area contributed by atoms with E-state index in [0.29, 0.717) is 37.9 Å². The number of aromatic carboxylic acids is 1. The summed E-state index contributed by atoms with van der Waals surface area (Å²) in [6.45, 7) is 3.03. The molecule has 1 aromatic carbocycles. The summed E-state index contributed by atoms with van der Waals surface area (Å²) < 4.78 is 2.02. The maximum atomic E-state index is 11.8. The van der Waals surface area contributed by atoms with Crippen molar-refractivity contribution in [1.29, 1.82) is 0 Å². The summed E-state index contributed by atoms with van der Waals surface area (Å²) >= 11 is 1.53. The molecule has 42 heavy (non-hydrogen) atoms. The molecule has 0 fully saturated rings. The smallest absolute Gasteiger partial charge is 0.335 e. The average molecular weight is 599 g/mol. The molecule has 0 radical (unpaired) electrons. The highest BCUT2D eigenvalue weighted by Gasteiger charge is 2.15. The topological polar surface area (TPSA) is 220 Å². The maximum Gasteiger partial charge on any atom is 0.335 e. The van der Waals surface area contributed by atoms with Crippen molar-refractivity contribution in [1.82, 2.24) is 9.55 Å². The second-order valence-corrected chi connectivity index (χ2v) is 10.4. The summed E-state index contributed by atoms with van der Waals surface area (Å²) in [5.74, 6) is -2.00. The summed E-state index contributed by atoms with van der Waals surface area (Å²) in [4.78, 5) is 42.4. The lowest BCUT2D eigenvalue weighted by molar-refractivity contribution is -0.138. The zero-order valence-electron chi connectivity index (χ0n) is 23.5. The van der Waals surface area contributed by atoms with Gasteiger partial charge in [-0.15, -0.1) is 11.3 Å². The van der Waals surface area contributed by atoms with Crippen LogP contribution in [0.2, 0.25) is 0 Å². The second-order valence-electron chi connectivity index (χ2n) is 9.42. The van der Waals surface area contributed by atoms with Crippen molar-refractivity contribution in [3.05, 3.63) is 81.1 Å². The molecule has 0 saturated heterocycles. The molecule has 3 aromatic rings. The Kier molecular flexibility index (Phi) is 13.9. The van der Waals surface area contributed by atoms with Crippen LogP contribution in [-0.2, 0) is 29.0 Å². The number of nitrogens with two attached hydrogens (primary N) is 3. The summed E-state index contributed by atoms with van der Waals surface area (Å²) in [6.07, 6.45) is 7.53. The average Bonchev–Trinajstić information content (AvgIpc) is 3.60. The van der Waals surface area contributed by atoms with Crippen molar-refractivity contribution in [2.24, 2.45) is 22.2 Å². The minimum atomic E-state index is -1.00. The summed E-state index contributed by atoms with van der Waals surface area (Å²) in [5.41, 5.74) is 17.5. The van der Waals surface area contributed by atoms with Crippen LogP contribution in [-0.4, -0.2) is 61.3 Å². The van der Waals surface area contributed by atoms with Crippen LogP contribution in [0.4, 0.5) is 0 Å². The first kappa shape index (κ1) is 33.7. The van der Waals surface area contributed by atoms with Crippen molar-refractivity contribution in [2.75, 3.05) is 6.54 Å². The third kappa shape index (κ3) is 11.6. The number of thiophene rings is 1. The molecule has 2 heterocycles. The van der Waals surface area contributed by atoms with E-state index in [1.807, 2.05) is 22.1 Å². The van der Waals surface area contributed by atoms with Gasteiger partial charge in [-0.05, 0) is 54.5 Å². The van der Waals surface area contributed by atoms with E-state index in [0.717, 1.165) is 41.2 Å². The molecule has 2 aromatic heterocycles. The van der Waals surface area contributed by atoms with Crippen LogP contribution in [0.5, 0.6) is 0 Å². The van der Waals surface area contributed by atoms with Crippen LogP contribution < -0.4 is 17.2 Å². The zero-order valence-corrected chi connectivity index (χ0v) is 24.3. The third-order valence-corrected chi connectivity index (χ3v) is 6.97. The fourth-order valence-corrected chi connectivity index (χ4v) is 4.53. The normalized spacial score (nSPS) is 11.7. The summed E-state index contributed by atoms with van der Waals surface area (Å²) in [6, 6.07) is 9.74. The Labute approximate surface area is 248 Å². The number of carbonyl (C=O) groups is 3. The van der Waals surface area contributed by atoms with E-state index in [2.05, 4.69) is 16.9 Å². The van der Waals surface area contributed by atoms with Gasteiger partial charge in [-0.25, -0.2) is 14.6 Å². The minimum Gasteiger partial charge on any atom is -0.480 e. The number of unbranched alkanes of at least 4 members (excludes halogenated alkanes) is 1. The highest BCUT2D eigenvalue weighted by atomic mass is 32.1. The highest BCUT2D eigenvalue weighted by molar-refractivity contribution is 7.09. The molecule has 3 rings (SSSR count). The van der Waals surface area contributed by atoms with Crippen LogP contribution in [0.1, 0.15) is 64.9 Å². The molecule has 0 aliphatic carbocycles. The van der Waals surface area contributed by atoms with Gasteiger partial charge in [-0.3, -0.25) is 9.79 Å². The number of aromatic nitrogens is 2. The molecule has 0 amide bonds. The molecule has 1 unspecified atom stereocenters. The van der Waals surface area contributed by atoms with Crippen molar-refractivity contribution in [2.45, 2.75) is 58.0 Å². The van der Waals surface area contributed by atoms with Crippen LogP contribution in [0.3, 0.4) is 0 Å². The van der Waals surface area contributed by atoms with Gasteiger partial charge in [0.1, 0.15) is 11.9 Å². The fraction of sp³-hybridized carbons (Fsp3) is 0.345. The number of carboxylic acid groups (broad SMARTS) is 3. The Morgan fingerprint density at radius 2 is 1.81 bits per heavy atom. The molecular weight excluding hydrogens is 560 g/mol. The first-order chi connectivity index (χ1) is 20.0. The van der Waals surface area contributed by atoms with Crippen molar-refractivity contribution in [3.63, 3.8) is 0 Å². The SMILES string of the molecule is CCCCc1ncc(/C=C(/Cc2cccs2)C(=O)O)n1Cc1ccc(C(=O)O)cc1.NC(N)=NCCCC(N)C(=O)O. The van der Waals surface area contributed by atoms with Crippen LogP contribution in [0.25, 0.3) is 6.08 Å². The summed E-state index contributed by atoms with van der Waals surface area (Å²) in [5, 5.41) is 29.1. The Balaban J connectivity index is 0.000000435. The number of imidazole rings is 1. The van der Waals surface area contributed by atoms with Crippen molar-refractivity contribution < 1.29 is 29.7 Å². The Hall–Kier alpha value is -4.49. The van der Waals surface area contributed by atoms with Gasteiger partial charge in [0.15, 0.2) is 5.96 Å². The predicted octanol–water partition coefficient (Wildman–Crippen LogP) is 3.20. The number of aliphatic imine (C=N–C) groups is 1. The van der Waals surface area contributed by atoms with Gasteiger partial charge in [-0.2, -0.15) is 0 Å². The Morgan fingerprint density at radius 1 is 1.10 bits per heavy atom. The van der Waals surface area contributed by atoms with E-state index >= 15 is 0 Å². The first-order valence-electron chi connectivity index (χ1n) is 13.4. The van der Waals surface area contributed by atoms with Crippen LogP contribution in [0, 0.1) is 0 Å². The third-order valence-electron chi connectivity index (χ3n) is 6.09. The summed E-state index contributed by atoms with van der Waals surface area (Å²) in [7, 11) is 0. The highest BCUT2D eigenvalue weighted by Crippen LogP contribution is 2.20. The van der Waals surface area contributed by atoms with Crippen molar-refractivity contribution in [3.8, 4) is 0 Å². The van der Waals surface area contributed by atoms with E-state index in [9.17, 15) is 19.5 Å². The lowest BCUT2D eigenvalue weighted by Crippen LogP contribution is -2.30. The zero-order chi connectivity index (χ0) is 31.1. The standard InChI is InChI=1S/C23H24N2O4S.C6H14N4O2/c1-2-3-6-21-24-14-19(12-18(23(28)29)13-20-5-4-11-30-20)25(21)15-16-7-9-17(10-8-16)22(26)27;7-4(5(11)12)2-1-3-10-6(8)9/h4-5,7-12,14H,2-3,6,13,15H2,1H3,(H,26,27)(H,28,29);4H,1-3,7H2,(H,11,12)(H4,8,9,10)/b18-12-;. The molecular formula is C29H38N6O6S. The Morgan fingerprint density at radius 3 is 2.36 bits per heavy atom. The molecule has 0 bridgehead atoms. The van der Waals surface area contributed by atoms with E-state index < -0.39 is 23.9 Å². The quantitative estimate of drug-likeness (QED) is 0.0649. The molecule has 226 valence electrons. The van der Waals surface area contributed by atoms with Gasteiger partial charge in [0.2, 0.25) is 0 Å². The van der Waals surface area contributed by atoms with Crippen LogP contribution in [0.15, 0.2) is 58.5 Å². The number of rotatable bonds is 15. The van der Waals surface area contributed by atoms with Gasteiger partial charge in [0.25, 0.3) is 0 Å². The molecule has 12 nitrogen and oxygen atoms in total. The first-order valence-corrected chi connectivity index (χ1v) is 14.3. The van der Waals surface area contributed by atoms with Gasteiger partial charge >= 0.3 is 17.9 Å². The van der Waals surface area contributed by atoms with Gasteiger partial charge in [-0.1, -0.05) is 31.5 Å². The van der Waals surface area contributed by atoms with Crippen molar-refractivity contribution >= 4 is 41.3 Å². The monoisotopic (exact) mass is 598 g/mol. The van der Waals surface area contributed by atoms with E-state index in [1.54, 1.807) is 36.5 Å². The van der Waals surface area contributed by atoms with E-state index in [4.69, 9.17) is 27.4 Å². The van der Waals surface area contributed by atoms with E-state index in [-0.39, 0.29) is 11.5 Å². The lowest BCUT2D eigenvalue weighted by atomic mass is 10.1. The molecule has 9 N–H and O–H groups in total. The van der Waals surface area contributed by atoms with Gasteiger partial charge in [0.05, 0.1) is 17.5 Å². The number of benzene rings is 1. The predicted molar refractivity (Wildman–Crippen MR) is 163 cm³/mol.